The highest BCUT2D eigenvalue weighted by Crippen LogP contribution is 2.36. The third-order valence-corrected chi connectivity index (χ3v) is 4.91. The Morgan fingerprint density at radius 1 is 1.37 bits per heavy atom. The van der Waals surface area contributed by atoms with Crippen molar-refractivity contribution in [1.82, 2.24) is 4.98 Å². The zero-order valence-corrected chi connectivity index (χ0v) is 13.2. The van der Waals surface area contributed by atoms with Gasteiger partial charge in [0, 0.05) is 25.0 Å². The highest BCUT2D eigenvalue weighted by Gasteiger charge is 2.18. The summed E-state index contributed by atoms with van der Waals surface area (Å²) in [6, 6.07) is 1.77. The first kappa shape index (κ1) is 15.2. The second-order valence-corrected chi connectivity index (χ2v) is 6.57. The third-order valence-electron chi connectivity index (χ3n) is 2.89. The number of nitrogens with zero attached hydrogens (tertiary/aromatic N) is 1. The molecule has 1 aliphatic rings. The van der Waals surface area contributed by atoms with Crippen LogP contribution in [0.25, 0.3) is 0 Å². The summed E-state index contributed by atoms with van der Waals surface area (Å²) in [5.41, 5.74) is 0. The van der Waals surface area contributed by atoms with Crippen molar-refractivity contribution < 1.29 is 4.74 Å². The molecule has 0 bridgehead atoms. The van der Waals surface area contributed by atoms with E-state index in [0.29, 0.717) is 15.3 Å². The molecule has 0 radical (unpaired) electrons. The van der Waals surface area contributed by atoms with Gasteiger partial charge in [0.05, 0.1) is 10.0 Å². The smallest absolute Gasteiger partial charge is 0.146 e. The fourth-order valence-electron chi connectivity index (χ4n) is 1.85. The van der Waals surface area contributed by atoms with Gasteiger partial charge in [-0.1, -0.05) is 30.1 Å². The molecule has 0 amide bonds. The fraction of sp³-hybridized carbons (Fsp3) is 0.615. The van der Waals surface area contributed by atoms with Crippen molar-refractivity contribution in [2.24, 2.45) is 0 Å². The Hall–Kier alpha value is -0.160. The topological polar surface area (TPSA) is 34.2 Å². The Morgan fingerprint density at radius 3 is 2.79 bits per heavy atom. The Labute approximate surface area is 128 Å². The van der Waals surface area contributed by atoms with Gasteiger partial charge in [-0.15, -0.1) is 11.8 Å². The number of hydrogen-bond acceptors (Lipinski definition) is 4. The summed E-state index contributed by atoms with van der Waals surface area (Å²) >= 11 is 14.1. The van der Waals surface area contributed by atoms with E-state index in [1.807, 2.05) is 0 Å². The van der Waals surface area contributed by atoms with Crippen molar-refractivity contribution in [3.8, 4) is 0 Å². The maximum absolute atomic E-state index is 6.23. The van der Waals surface area contributed by atoms with Crippen molar-refractivity contribution >= 4 is 40.8 Å². The highest BCUT2D eigenvalue weighted by molar-refractivity contribution is 8.00. The van der Waals surface area contributed by atoms with E-state index in [-0.39, 0.29) is 0 Å². The molecule has 2 heterocycles. The molecule has 0 spiro atoms. The lowest BCUT2D eigenvalue weighted by Crippen LogP contribution is -2.17. The van der Waals surface area contributed by atoms with Crippen LogP contribution in [0.3, 0.4) is 0 Å². The van der Waals surface area contributed by atoms with Crippen LogP contribution in [0.2, 0.25) is 10.0 Å². The van der Waals surface area contributed by atoms with Crippen LogP contribution >= 0.6 is 35.0 Å². The summed E-state index contributed by atoms with van der Waals surface area (Å²) in [5, 5.41) is 5.82. The zero-order chi connectivity index (χ0) is 13.7. The Kier molecular flexibility index (Phi) is 6.07. The lowest BCUT2D eigenvalue weighted by atomic mass is 10.2. The average molecular weight is 321 g/mol. The van der Waals surface area contributed by atoms with Crippen LogP contribution in [0, 0.1) is 0 Å². The predicted octanol–water partition coefficient (Wildman–Crippen LogP) is 4.48. The summed E-state index contributed by atoms with van der Waals surface area (Å²) < 4.78 is 5.36. The molecule has 106 valence electrons. The monoisotopic (exact) mass is 320 g/mol. The number of halogens is 2. The van der Waals surface area contributed by atoms with Gasteiger partial charge in [0.1, 0.15) is 10.8 Å². The van der Waals surface area contributed by atoms with E-state index in [0.717, 1.165) is 49.9 Å². The molecule has 1 aromatic rings. The summed E-state index contributed by atoms with van der Waals surface area (Å²) in [4.78, 5) is 4.55. The highest BCUT2D eigenvalue weighted by atomic mass is 35.5. The number of anilines is 1. The van der Waals surface area contributed by atoms with E-state index in [9.17, 15) is 0 Å². The molecule has 19 heavy (non-hydrogen) atoms. The number of pyridine rings is 1. The van der Waals surface area contributed by atoms with Crippen LogP contribution in [-0.4, -0.2) is 30.0 Å². The van der Waals surface area contributed by atoms with Gasteiger partial charge in [0.25, 0.3) is 0 Å². The van der Waals surface area contributed by atoms with Gasteiger partial charge < -0.3 is 10.1 Å². The molecular weight excluding hydrogens is 303 g/mol. The van der Waals surface area contributed by atoms with Crippen LogP contribution in [0.4, 0.5) is 5.82 Å². The SMILES string of the molecule is CCCNc1nc(SC2CCOCC2)c(Cl)cc1Cl. The number of nitrogens with one attached hydrogen (secondary N) is 1. The summed E-state index contributed by atoms with van der Waals surface area (Å²) in [7, 11) is 0. The Morgan fingerprint density at radius 2 is 2.11 bits per heavy atom. The summed E-state index contributed by atoms with van der Waals surface area (Å²) in [5.74, 6) is 0.725. The van der Waals surface area contributed by atoms with Crippen LogP contribution in [-0.2, 0) is 4.74 Å². The van der Waals surface area contributed by atoms with E-state index in [2.05, 4.69) is 17.2 Å². The maximum atomic E-state index is 6.23. The second-order valence-electron chi connectivity index (χ2n) is 4.46. The molecular formula is C13H18Cl2N2OS. The van der Waals surface area contributed by atoms with Gasteiger partial charge in [0.2, 0.25) is 0 Å². The molecule has 1 aromatic heterocycles. The Bertz CT molecular complexity index is 425. The molecule has 0 saturated carbocycles. The lowest BCUT2D eigenvalue weighted by Gasteiger charge is -2.21. The van der Waals surface area contributed by atoms with Gasteiger partial charge >= 0.3 is 0 Å². The van der Waals surface area contributed by atoms with Gasteiger partial charge in [-0.25, -0.2) is 4.98 Å². The van der Waals surface area contributed by atoms with Crippen LogP contribution < -0.4 is 5.32 Å². The molecule has 3 nitrogen and oxygen atoms in total. The number of rotatable bonds is 5. The van der Waals surface area contributed by atoms with Crippen LogP contribution in [0.1, 0.15) is 26.2 Å². The maximum Gasteiger partial charge on any atom is 0.146 e. The molecule has 1 aliphatic heterocycles. The molecule has 1 fully saturated rings. The second kappa shape index (κ2) is 7.58. The van der Waals surface area contributed by atoms with Crippen LogP contribution in [0.5, 0.6) is 0 Å². The quantitative estimate of drug-likeness (QED) is 0.867. The number of aromatic nitrogens is 1. The van der Waals surface area contributed by atoms with Crippen molar-refractivity contribution in [3.05, 3.63) is 16.1 Å². The largest absolute Gasteiger partial charge is 0.381 e. The molecule has 0 unspecified atom stereocenters. The number of thioether (sulfide) groups is 1. The molecule has 1 N–H and O–H groups in total. The number of hydrogen-bond donors (Lipinski definition) is 1. The minimum atomic E-state index is 0.527. The van der Waals surface area contributed by atoms with Gasteiger partial charge in [-0.2, -0.15) is 0 Å². The van der Waals surface area contributed by atoms with E-state index in [1.54, 1.807) is 17.8 Å². The van der Waals surface area contributed by atoms with E-state index in [4.69, 9.17) is 27.9 Å². The predicted molar refractivity (Wildman–Crippen MR) is 82.7 cm³/mol. The third kappa shape index (κ3) is 4.42. The van der Waals surface area contributed by atoms with Gasteiger partial charge in [-0.05, 0) is 25.3 Å². The molecule has 6 heteroatoms. The first-order chi connectivity index (χ1) is 9.20. The van der Waals surface area contributed by atoms with E-state index >= 15 is 0 Å². The summed E-state index contributed by atoms with van der Waals surface area (Å²) in [6.07, 6.45) is 3.12. The van der Waals surface area contributed by atoms with Crippen LogP contribution in [0.15, 0.2) is 11.1 Å². The van der Waals surface area contributed by atoms with Crippen molar-refractivity contribution in [2.45, 2.75) is 36.5 Å². The van der Waals surface area contributed by atoms with E-state index < -0.39 is 0 Å². The molecule has 0 atom stereocenters. The van der Waals surface area contributed by atoms with Crippen molar-refractivity contribution in [2.75, 3.05) is 25.1 Å². The van der Waals surface area contributed by atoms with E-state index in [1.165, 1.54) is 0 Å². The molecule has 0 aliphatic carbocycles. The Balaban J connectivity index is 2.09. The minimum absolute atomic E-state index is 0.527. The minimum Gasteiger partial charge on any atom is -0.381 e. The lowest BCUT2D eigenvalue weighted by molar-refractivity contribution is 0.1000. The number of ether oxygens (including phenoxy) is 1. The zero-order valence-electron chi connectivity index (χ0n) is 10.9. The standard InChI is InChI=1S/C13H18Cl2N2OS/c1-2-5-16-12-10(14)8-11(15)13(17-12)19-9-3-6-18-7-4-9/h8-9H,2-7H2,1H3,(H,16,17). The molecule has 0 aromatic carbocycles. The first-order valence-electron chi connectivity index (χ1n) is 6.55. The molecule has 1 saturated heterocycles. The average Bonchev–Trinajstić information content (AvgIpc) is 2.42. The van der Waals surface area contributed by atoms with Crippen molar-refractivity contribution in [3.63, 3.8) is 0 Å². The van der Waals surface area contributed by atoms with Gasteiger partial charge in [-0.3, -0.25) is 0 Å². The first-order valence-corrected chi connectivity index (χ1v) is 8.18. The molecule has 2 rings (SSSR count). The normalized spacial score (nSPS) is 16.6. The summed E-state index contributed by atoms with van der Waals surface area (Å²) in [6.45, 7) is 4.61. The van der Waals surface area contributed by atoms with Crippen molar-refractivity contribution in [1.29, 1.82) is 0 Å². The van der Waals surface area contributed by atoms with Gasteiger partial charge in [0.15, 0.2) is 0 Å². The fourth-order valence-corrected chi connectivity index (χ4v) is 3.47.